The predicted molar refractivity (Wildman–Crippen MR) is 80.5 cm³/mol. The molecule has 0 aliphatic rings. The van der Waals surface area contributed by atoms with Crippen LogP contribution in [-0.2, 0) is 9.84 Å². The molecule has 0 aliphatic heterocycles. The summed E-state index contributed by atoms with van der Waals surface area (Å²) in [5, 5.41) is 2.72. The molecule has 0 unspecified atom stereocenters. The maximum Gasteiger partial charge on any atom is 0.255 e. The van der Waals surface area contributed by atoms with Crippen LogP contribution >= 0.6 is 0 Å². The molecule has 1 amide bonds. The van der Waals surface area contributed by atoms with Crippen LogP contribution in [0.15, 0.2) is 53.4 Å². The monoisotopic (exact) mass is 305 g/mol. The van der Waals surface area contributed by atoms with Gasteiger partial charge in [0.2, 0.25) is 0 Å². The highest BCUT2D eigenvalue weighted by Gasteiger charge is 2.10. The Hall–Kier alpha value is -2.34. The first-order chi connectivity index (χ1) is 9.90. The van der Waals surface area contributed by atoms with Gasteiger partial charge in [0.15, 0.2) is 9.84 Å². The summed E-state index contributed by atoms with van der Waals surface area (Å²) >= 11 is 0. The lowest BCUT2D eigenvalue weighted by atomic mass is 10.2. The van der Waals surface area contributed by atoms with E-state index in [0.717, 1.165) is 6.26 Å². The Bertz CT molecular complexity index is 751. The van der Waals surface area contributed by atoms with Gasteiger partial charge in [-0.3, -0.25) is 4.79 Å². The summed E-state index contributed by atoms with van der Waals surface area (Å²) in [6.45, 7) is 0. The van der Waals surface area contributed by atoms with Gasteiger partial charge in [0, 0.05) is 23.6 Å². The molecule has 0 aromatic heterocycles. The first-order valence-corrected chi connectivity index (χ1v) is 8.05. The topological polar surface area (TPSA) is 72.5 Å². The van der Waals surface area contributed by atoms with E-state index in [2.05, 4.69) is 5.32 Å². The minimum atomic E-state index is -3.26. The molecule has 2 aromatic rings. The van der Waals surface area contributed by atoms with E-state index in [1.807, 2.05) is 0 Å². The molecule has 0 aliphatic carbocycles. The van der Waals surface area contributed by atoms with Crippen LogP contribution in [0, 0.1) is 0 Å². The number of methoxy groups -OCH3 is 1. The Morgan fingerprint density at radius 1 is 1.10 bits per heavy atom. The molecular weight excluding hydrogens is 290 g/mol. The molecule has 21 heavy (non-hydrogen) atoms. The smallest absolute Gasteiger partial charge is 0.255 e. The fraction of sp³-hybridized carbons (Fsp3) is 0.133. The Balaban J connectivity index is 2.16. The summed E-state index contributed by atoms with van der Waals surface area (Å²) in [5.74, 6) is 0.323. The van der Waals surface area contributed by atoms with Crippen molar-refractivity contribution in [1.29, 1.82) is 0 Å². The van der Waals surface area contributed by atoms with E-state index in [1.54, 1.807) is 31.4 Å². The lowest BCUT2D eigenvalue weighted by Crippen LogP contribution is -2.12. The van der Waals surface area contributed by atoms with Crippen LogP contribution in [0.25, 0.3) is 0 Å². The van der Waals surface area contributed by atoms with E-state index in [0.29, 0.717) is 17.0 Å². The molecule has 1 N–H and O–H groups in total. The minimum Gasteiger partial charge on any atom is -0.497 e. The van der Waals surface area contributed by atoms with Crippen LogP contribution < -0.4 is 10.1 Å². The number of anilines is 1. The second-order valence-corrected chi connectivity index (χ2v) is 6.50. The van der Waals surface area contributed by atoms with Gasteiger partial charge in [-0.05, 0) is 36.4 Å². The van der Waals surface area contributed by atoms with Crippen molar-refractivity contribution >= 4 is 21.4 Å². The molecular formula is C15H15NO4S. The van der Waals surface area contributed by atoms with Crippen molar-refractivity contribution in [2.75, 3.05) is 18.7 Å². The molecule has 2 rings (SSSR count). The highest BCUT2D eigenvalue weighted by atomic mass is 32.2. The second kappa shape index (κ2) is 5.97. The SMILES string of the molecule is COc1cccc(NC(=O)c2ccc(S(C)(=O)=O)cc2)c1. The number of nitrogens with one attached hydrogen (secondary N) is 1. The van der Waals surface area contributed by atoms with Gasteiger partial charge in [0.05, 0.1) is 12.0 Å². The van der Waals surface area contributed by atoms with Gasteiger partial charge in [0.1, 0.15) is 5.75 Å². The van der Waals surface area contributed by atoms with Crippen LogP contribution in [0.3, 0.4) is 0 Å². The molecule has 0 radical (unpaired) electrons. The first kappa shape index (κ1) is 15.1. The molecule has 6 heteroatoms. The largest absolute Gasteiger partial charge is 0.497 e. The zero-order valence-corrected chi connectivity index (χ0v) is 12.5. The zero-order chi connectivity index (χ0) is 15.5. The van der Waals surface area contributed by atoms with Crippen LogP contribution in [-0.4, -0.2) is 27.7 Å². The third-order valence-electron chi connectivity index (χ3n) is 2.87. The van der Waals surface area contributed by atoms with Crippen molar-refractivity contribution in [2.24, 2.45) is 0 Å². The lowest BCUT2D eigenvalue weighted by Gasteiger charge is -2.07. The fourth-order valence-electron chi connectivity index (χ4n) is 1.76. The van der Waals surface area contributed by atoms with Crippen molar-refractivity contribution in [2.45, 2.75) is 4.90 Å². The Morgan fingerprint density at radius 2 is 1.76 bits per heavy atom. The maximum absolute atomic E-state index is 12.1. The third kappa shape index (κ3) is 3.82. The summed E-state index contributed by atoms with van der Waals surface area (Å²) in [6.07, 6.45) is 1.12. The van der Waals surface area contributed by atoms with Crippen molar-refractivity contribution in [3.05, 3.63) is 54.1 Å². The first-order valence-electron chi connectivity index (χ1n) is 6.15. The molecule has 0 saturated heterocycles. The third-order valence-corrected chi connectivity index (χ3v) is 4.00. The van der Waals surface area contributed by atoms with Gasteiger partial charge < -0.3 is 10.1 Å². The number of rotatable bonds is 4. The quantitative estimate of drug-likeness (QED) is 0.941. The molecule has 0 heterocycles. The number of ether oxygens (including phenoxy) is 1. The summed E-state index contributed by atoms with van der Waals surface area (Å²) in [7, 11) is -1.71. The van der Waals surface area contributed by atoms with Gasteiger partial charge in [-0.15, -0.1) is 0 Å². The number of benzene rings is 2. The van der Waals surface area contributed by atoms with Crippen LogP contribution in [0.5, 0.6) is 5.75 Å². The lowest BCUT2D eigenvalue weighted by molar-refractivity contribution is 0.102. The highest BCUT2D eigenvalue weighted by molar-refractivity contribution is 7.90. The summed E-state index contributed by atoms with van der Waals surface area (Å²) in [5.41, 5.74) is 0.983. The molecule has 0 bridgehead atoms. The van der Waals surface area contributed by atoms with Gasteiger partial charge in [-0.1, -0.05) is 6.07 Å². The number of amides is 1. The summed E-state index contributed by atoms with van der Waals surface area (Å²) in [6, 6.07) is 12.8. The van der Waals surface area contributed by atoms with E-state index in [1.165, 1.54) is 24.3 Å². The van der Waals surface area contributed by atoms with Gasteiger partial charge in [-0.25, -0.2) is 8.42 Å². The number of carbonyl (C=O) groups is 1. The van der Waals surface area contributed by atoms with Crippen LogP contribution in [0.2, 0.25) is 0 Å². The molecule has 0 fully saturated rings. The van der Waals surface area contributed by atoms with Crippen LogP contribution in [0.4, 0.5) is 5.69 Å². The van der Waals surface area contributed by atoms with E-state index >= 15 is 0 Å². The molecule has 5 nitrogen and oxygen atoms in total. The molecule has 0 atom stereocenters. The van der Waals surface area contributed by atoms with E-state index in [9.17, 15) is 13.2 Å². The zero-order valence-electron chi connectivity index (χ0n) is 11.7. The molecule has 2 aromatic carbocycles. The molecule has 0 spiro atoms. The molecule has 0 saturated carbocycles. The van der Waals surface area contributed by atoms with E-state index < -0.39 is 9.84 Å². The molecule has 110 valence electrons. The number of hydrogen-bond acceptors (Lipinski definition) is 4. The predicted octanol–water partition coefficient (Wildman–Crippen LogP) is 2.35. The Labute approximate surface area is 123 Å². The normalized spacial score (nSPS) is 11.0. The van der Waals surface area contributed by atoms with Crippen LogP contribution in [0.1, 0.15) is 10.4 Å². The average Bonchev–Trinajstić information content (AvgIpc) is 2.46. The second-order valence-electron chi connectivity index (χ2n) is 4.48. The van der Waals surface area contributed by atoms with Crippen molar-refractivity contribution < 1.29 is 17.9 Å². The number of carbonyl (C=O) groups excluding carboxylic acids is 1. The fourth-order valence-corrected chi connectivity index (χ4v) is 2.39. The van der Waals surface area contributed by atoms with Crippen molar-refractivity contribution in [1.82, 2.24) is 0 Å². The number of hydrogen-bond donors (Lipinski definition) is 1. The summed E-state index contributed by atoms with van der Waals surface area (Å²) in [4.78, 5) is 12.3. The minimum absolute atomic E-state index is 0.181. The highest BCUT2D eigenvalue weighted by Crippen LogP contribution is 2.18. The van der Waals surface area contributed by atoms with E-state index in [4.69, 9.17) is 4.74 Å². The standard InChI is InChI=1S/C15H15NO4S/c1-20-13-5-3-4-12(10-13)16-15(17)11-6-8-14(9-7-11)21(2,18)19/h3-10H,1-2H3,(H,16,17). The van der Waals surface area contributed by atoms with E-state index in [-0.39, 0.29) is 10.8 Å². The summed E-state index contributed by atoms with van der Waals surface area (Å²) < 4.78 is 27.8. The number of sulfone groups is 1. The average molecular weight is 305 g/mol. The Kier molecular flexibility index (Phi) is 4.28. The maximum atomic E-state index is 12.1. The van der Waals surface area contributed by atoms with Crippen molar-refractivity contribution in [3.8, 4) is 5.75 Å². The van der Waals surface area contributed by atoms with Gasteiger partial charge in [0.25, 0.3) is 5.91 Å². The Morgan fingerprint density at radius 3 is 2.33 bits per heavy atom. The van der Waals surface area contributed by atoms with Crippen molar-refractivity contribution in [3.63, 3.8) is 0 Å². The van der Waals surface area contributed by atoms with Gasteiger partial charge in [-0.2, -0.15) is 0 Å². The van der Waals surface area contributed by atoms with Gasteiger partial charge >= 0.3 is 0 Å².